The molecule has 0 radical (unpaired) electrons. The minimum absolute atomic E-state index is 0.0851. The first-order valence-electron chi connectivity index (χ1n) is 8.21. The summed E-state index contributed by atoms with van der Waals surface area (Å²) < 4.78 is 34.2. The lowest BCUT2D eigenvalue weighted by molar-refractivity contribution is -0.644. The lowest BCUT2D eigenvalue weighted by Gasteiger charge is -2.14. The summed E-state index contributed by atoms with van der Waals surface area (Å²) in [6.45, 7) is 9.23. The third kappa shape index (κ3) is 4.20. The van der Waals surface area contributed by atoms with Gasteiger partial charge in [-0.15, -0.1) is 0 Å². The Balaban J connectivity index is 0.000000187. The fraction of sp³-hybridized carbons (Fsp3) is 0.250. The molecule has 2 N–H and O–H groups in total. The van der Waals surface area contributed by atoms with Crippen LogP contribution in [0.1, 0.15) is 27.9 Å². The van der Waals surface area contributed by atoms with Crippen LogP contribution in [0.2, 0.25) is 0 Å². The SMILES string of the molecule is Cc1c[n+](N)c(C)c2ccccc12.Cc1cc(C)c(S(=O)(=O)[O-])c(C)c1. The highest BCUT2D eigenvalue weighted by Gasteiger charge is 2.10. The third-order valence-corrected chi connectivity index (χ3v) is 5.46. The zero-order valence-corrected chi connectivity index (χ0v) is 16.5. The van der Waals surface area contributed by atoms with E-state index in [0.717, 1.165) is 11.3 Å². The molecule has 0 bridgehead atoms. The zero-order chi connectivity index (χ0) is 19.6. The molecule has 3 aromatic rings. The van der Waals surface area contributed by atoms with Gasteiger partial charge in [-0.2, -0.15) is 0 Å². The topological polar surface area (TPSA) is 87.1 Å². The van der Waals surface area contributed by atoms with Gasteiger partial charge in [-0.25, -0.2) is 14.3 Å². The highest BCUT2D eigenvalue weighted by molar-refractivity contribution is 7.85. The van der Waals surface area contributed by atoms with E-state index in [1.54, 1.807) is 30.7 Å². The van der Waals surface area contributed by atoms with E-state index in [9.17, 15) is 13.0 Å². The summed E-state index contributed by atoms with van der Waals surface area (Å²) in [6.07, 6.45) is 1.96. The normalized spacial score (nSPS) is 11.2. The summed E-state index contributed by atoms with van der Waals surface area (Å²) in [7, 11) is -4.33. The number of benzene rings is 2. The molecule has 0 spiro atoms. The Bertz CT molecular complexity index is 1050. The van der Waals surface area contributed by atoms with Gasteiger partial charge in [0, 0.05) is 12.5 Å². The first-order valence-corrected chi connectivity index (χ1v) is 9.62. The van der Waals surface area contributed by atoms with E-state index < -0.39 is 10.1 Å². The zero-order valence-electron chi connectivity index (χ0n) is 15.7. The average Bonchev–Trinajstić information content (AvgIpc) is 2.51. The number of aromatic nitrogens is 1. The van der Waals surface area contributed by atoms with Gasteiger partial charge in [0.25, 0.3) is 0 Å². The standard InChI is InChI=1S/C11H13N2.C9H12O3S/c1-8-7-13(12)9(2)11-6-4-3-5-10(8)11;1-6-4-7(2)9(8(3)5-6)13(10,11)12/h3-7H,12H2,1-2H3;4-5H,1-3H3,(H,10,11,12)/q+1;/p-1. The minimum Gasteiger partial charge on any atom is -0.744 e. The smallest absolute Gasteiger partial charge is 0.216 e. The van der Waals surface area contributed by atoms with Crippen LogP contribution in [0.5, 0.6) is 0 Å². The van der Waals surface area contributed by atoms with Crippen LogP contribution >= 0.6 is 0 Å². The summed E-state index contributed by atoms with van der Waals surface area (Å²) in [6, 6.07) is 11.7. The van der Waals surface area contributed by atoms with E-state index in [1.807, 2.05) is 26.1 Å². The Kier molecular flexibility index (Phi) is 5.68. The highest BCUT2D eigenvalue weighted by atomic mass is 32.2. The van der Waals surface area contributed by atoms with Gasteiger partial charge in [0.2, 0.25) is 11.9 Å². The maximum absolute atomic E-state index is 10.8. The lowest BCUT2D eigenvalue weighted by atomic mass is 10.1. The van der Waals surface area contributed by atoms with Gasteiger partial charge < -0.3 is 4.55 Å². The molecule has 0 atom stereocenters. The fourth-order valence-corrected chi connectivity index (χ4v) is 4.12. The van der Waals surface area contributed by atoms with Gasteiger partial charge in [0.15, 0.2) is 0 Å². The van der Waals surface area contributed by atoms with Crippen molar-refractivity contribution >= 4 is 20.9 Å². The van der Waals surface area contributed by atoms with Crippen molar-refractivity contribution in [1.82, 2.24) is 0 Å². The number of fused-ring (bicyclic) bond motifs is 1. The Morgan fingerprint density at radius 3 is 1.88 bits per heavy atom. The summed E-state index contributed by atoms with van der Waals surface area (Å²) in [5.74, 6) is 5.80. The quantitative estimate of drug-likeness (QED) is 0.404. The van der Waals surface area contributed by atoms with Crippen molar-refractivity contribution in [2.45, 2.75) is 39.5 Å². The second-order valence-electron chi connectivity index (χ2n) is 6.53. The number of hydrogen-bond acceptors (Lipinski definition) is 4. The van der Waals surface area contributed by atoms with Crippen LogP contribution in [0.15, 0.2) is 47.5 Å². The van der Waals surface area contributed by atoms with E-state index in [0.29, 0.717) is 11.1 Å². The number of pyridine rings is 1. The molecule has 0 aliphatic heterocycles. The molecule has 1 aromatic heterocycles. The summed E-state index contributed by atoms with van der Waals surface area (Å²) in [5.41, 5.74) is 4.31. The highest BCUT2D eigenvalue weighted by Crippen LogP contribution is 2.21. The predicted molar refractivity (Wildman–Crippen MR) is 102 cm³/mol. The average molecular weight is 372 g/mol. The van der Waals surface area contributed by atoms with E-state index in [-0.39, 0.29) is 4.90 Å². The number of nitrogens with zero attached hydrogens (tertiary/aromatic N) is 1. The molecule has 26 heavy (non-hydrogen) atoms. The lowest BCUT2D eigenvalue weighted by Crippen LogP contribution is -2.47. The van der Waals surface area contributed by atoms with E-state index in [2.05, 4.69) is 25.1 Å². The van der Waals surface area contributed by atoms with Gasteiger partial charge in [0.1, 0.15) is 10.1 Å². The Morgan fingerprint density at radius 2 is 1.38 bits per heavy atom. The van der Waals surface area contributed by atoms with Crippen molar-refractivity contribution in [3.63, 3.8) is 0 Å². The van der Waals surface area contributed by atoms with Crippen LogP contribution in [-0.2, 0) is 10.1 Å². The summed E-state index contributed by atoms with van der Waals surface area (Å²) in [5, 5.41) is 2.51. The third-order valence-electron chi connectivity index (χ3n) is 4.32. The maximum Gasteiger partial charge on any atom is 0.216 e. The Hall–Kier alpha value is -2.44. The fourth-order valence-electron chi connectivity index (χ4n) is 3.22. The van der Waals surface area contributed by atoms with Crippen molar-refractivity contribution < 1.29 is 17.6 Å². The molecule has 3 rings (SSSR count). The molecule has 6 heteroatoms. The number of hydrogen-bond donors (Lipinski definition) is 1. The molecular weight excluding hydrogens is 348 g/mol. The van der Waals surface area contributed by atoms with Gasteiger partial charge in [0.05, 0.1) is 10.3 Å². The van der Waals surface area contributed by atoms with Crippen molar-refractivity contribution in [2.24, 2.45) is 0 Å². The molecule has 138 valence electrons. The van der Waals surface area contributed by atoms with Crippen LogP contribution in [-0.4, -0.2) is 13.0 Å². The van der Waals surface area contributed by atoms with Gasteiger partial charge in [-0.3, -0.25) is 0 Å². The molecule has 0 saturated heterocycles. The van der Waals surface area contributed by atoms with Crippen molar-refractivity contribution in [3.8, 4) is 0 Å². The molecule has 0 saturated carbocycles. The molecule has 2 aromatic carbocycles. The number of nitrogen functional groups attached to an aromatic ring is 1. The number of nitrogens with two attached hydrogens (primary N) is 1. The Labute approximate surface area is 154 Å². The van der Waals surface area contributed by atoms with Crippen LogP contribution in [0.3, 0.4) is 0 Å². The molecular formula is C20H24N2O3S. The van der Waals surface area contributed by atoms with Crippen LogP contribution in [0.4, 0.5) is 0 Å². The second-order valence-corrected chi connectivity index (χ2v) is 7.85. The molecule has 0 amide bonds. The predicted octanol–water partition coefficient (Wildman–Crippen LogP) is 2.97. The number of aryl methyl sites for hydroxylation is 5. The molecule has 0 aliphatic rings. The summed E-state index contributed by atoms with van der Waals surface area (Å²) >= 11 is 0. The first-order chi connectivity index (χ1) is 12.0. The van der Waals surface area contributed by atoms with E-state index >= 15 is 0 Å². The largest absolute Gasteiger partial charge is 0.744 e. The van der Waals surface area contributed by atoms with Crippen LogP contribution < -0.4 is 10.5 Å². The van der Waals surface area contributed by atoms with Crippen LogP contribution in [0, 0.1) is 34.6 Å². The van der Waals surface area contributed by atoms with Gasteiger partial charge in [-0.05, 0) is 50.3 Å². The summed E-state index contributed by atoms with van der Waals surface area (Å²) in [4.78, 5) is -0.0851. The van der Waals surface area contributed by atoms with Crippen molar-refractivity contribution in [2.75, 3.05) is 5.84 Å². The number of rotatable bonds is 1. The minimum atomic E-state index is -4.33. The molecule has 0 unspecified atom stereocenters. The van der Waals surface area contributed by atoms with Crippen molar-refractivity contribution in [3.05, 3.63) is 70.5 Å². The van der Waals surface area contributed by atoms with E-state index in [1.165, 1.54) is 16.3 Å². The molecule has 5 nitrogen and oxygen atoms in total. The van der Waals surface area contributed by atoms with Gasteiger partial charge in [-0.1, -0.05) is 40.6 Å². The molecule has 0 fully saturated rings. The van der Waals surface area contributed by atoms with Crippen molar-refractivity contribution in [1.29, 1.82) is 0 Å². The van der Waals surface area contributed by atoms with Crippen LogP contribution in [0.25, 0.3) is 10.8 Å². The van der Waals surface area contributed by atoms with Gasteiger partial charge >= 0.3 is 0 Å². The maximum atomic E-state index is 10.8. The monoisotopic (exact) mass is 372 g/mol. The first kappa shape index (κ1) is 19.9. The molecule has 0 aliphatic carbocycles. The second kappa shape index (κ2) is 7.43. The Morgan fingerprint density at radius 1 is 0.885 bits per heavy atom. The van der Waals surface area contributed by atoms with E-state index in [4.69, 9.17) is 5.84 Å². The molecule has 1 heterocycles.